The largest absolute Gasteiger partial charge is 0.508 e. The summed E-state index contributed by atoms with van der Waals surface area (Å²) in [7, 11) is 0. The summed E-state index contributed by atoms with van der Waals surface area (Å²) in [6.07, 6.45) is 3.86. The van der Waals surface area contributed by atoms with Crippen molar-refractivity contribution in [3.63, 3.8) is 0 Å². The van der Waals surface area contributed by atoms with E-state index in [2.05, 4.69) is 21.3 Å². The highest BCUT2D eigenvalue weighted by molar-refractivity contribution is 5.92. The minimum absolute atomic E-state index is 0.121. The molecule has 5 rings (SSSR count). The van der Waals surface area contributed by atoms with E-state index in [1.165, 1.54) is 12.1 Å². The van der Waals surface area contributed by atoms with Gasteiger partial charge >= 0.3 is 0 Å². The van der Waals surface area contributed by atoms with E-state index in [9.17, 15) is 19.6 Å². The van der Waals surface area contributed by atoms with Crippen molar-refractivity contribution >= 4 is 16.9 Å². The summed E-state index contributed by atoms with van der Waals surface area (Å²) in [6, 6.07) is 5.98. The molecule has 1 aliphatic carbocycles. The fourth-order valence-corrected chi connectivity index (χ4v) is 4.74. The number of benzene rings is 1. The highest BCUT2D eigenvalue weighted by Gasteiger charge is 2.48. The zero-order chi connectivity index (χ0) is 21.7. The molecule has 3 heterocycles. The SMILES string of the molecule is Cc1[nH]nc2nc(-c3ccc(O)cc3F)c(C#N)c(C3C[C@@H]3C(=O)N3CCCCC3)c12. The van der Waals surface area contributed by atoms with Crippen LogP contribution in [0.4, 0.5) is 4.39 Å². The molecule has 31 heavy (non-hydrogen) atoms. The number of phenolic OH excluding ortho intramolecular Hbond substituents is 1. The summed E-state index contributed by atoms with van der Waals surface area (Å²) in [5.74, 6) is -1.03. The summed E-state index contributed by atoms with van der Waals surface area (Å²) >= 11 is 0. The fraction of sp³-hybridized carbons (Fsp3) is 0.391. The summed E-state index contributed by atoms with van der Waals surface area (Å²) in [4.78, 5) is 19.5. The predicted octanol–water partition coefficient (Wildman–Crippen LogP) is 3.77. The van der Waals surface area contributed by atoms with Gasteiger partial charge in [-0.25, -0.2) is 9.37 Å². The van der Waals surface area contributed by atoms with Crippen LogP contribution < -0.4 is 0 Å². The molecule has 2 aromatic heterocycles. The number of phenols is 1. The Morgan fingerprint density at radius 3 is 2.81 bits per heavy atom. The molecule has 158 valence electrons. The quantitative estimate of drug-likeness (QED) is 0.672. The average Bonchev–Trinajstić information content (AvgIpc) is 3.48. The second-order valence-electron chi connectivity index (χ2n) is 8.41. The number of halogens is 1. The number of aromatic amines is 1. The highest BCUT2D eigenvalue weighted by atomic mass is 19.1. The number of rotatable bonds is 3. The van der Waals surface area contributed by atoms with Crippen molar-refractivity contribution in [2.75, 3.05) is 13.1 Å². The molecule has 8 heteroatoms. The number of H-pyrrole nitrogens is 1. The van der Waals surface area contributed by atoms with Gasteiger partial charge in [0.05, 0.1) is 11.3 Å². The van der Waals surface area contributed by atoms with Gasteiger partial charge in [-0.15, -0.1) is 0 Å². The molecule has 7 nitrogen and oxygen atoms in total. The molecule has 1 saturated heterocycles. The van der Waals surface area contributed by atoms with Crippen LogP contribution in [0.3, 0.4) is 0 Å². The maximum absolute atomic E-state index is 14.7. The molecule has 2 N–H and O–H groups in total. The van der Waals surface area contributed by atoms with Crippen molar-refractivity contribution in [3.8, 4) is 23.1 Å². The van der Waals surface area contributed by atoms with E-state index in [0.29, 0.717) is 12.1 Å². The molecule has 2 fully saturated rings. The minimum Gasteiger partial charge on any atom is -0.508 e. The predicted molar refractivity (Wildman–Crippen MR) is 112 cm³/mol. The standard InChI is InChI=1S/C23H22FN5O2/c1-12-19-20(15-10-16(15)23(31)29-7-3-2-4-8-29)17(11-25)21(26-22(19)28-27-12)14-6-5-13(30)9-18(14)24/h5-6,9,15-16,30H,2-4,7-8,10H2,1H3,(H,26,27,28)/t15?,16-/m0/s1. The number of nitrogens with one attached hydrogen (secondary N) is 1. The summed E-state index contributed by atoms with van der Waals surface area (Å²) < 4.78 is 14.7. The topological polar surface area (TPSA) is 106 Å². The average molecular weight is 419 g/mol. The van der Waals surface area contributed by atoms with E-state index in [1.807, 2.05) is 11.8 Å². The first-order valence-corrected chi connectivity index (χ1v) is 10.6. The van der Waals surface area contributed by atoms with Crippen molar-refractivity contribution in [1.82, 2.24) is 20.1 Å². The van der Waals surface area contributed by atoms with Gasteiger partial charge in [-0.1, -0.05) is 0 Å². The number of piperidine rings is 1. The molecule has 1 unspecified atom stereocenters. The summed E-state index contributed by atoms with van der Waals surface area (Å²) in [5.41, 5.74) is 2.45. The van der Waals surface area contributed by atoms with Gasteiger partial charge in [0, 0.05) is 41.7 Å². The number of fused-ring (bicyclic) bond motifs is 1. The minimum atomic E-state index is -0.668. The maximum Gasteiger partial charge on any atom is 0.226 e. The molecule has 0 bridgehead atoms. The van der Waals surface area contributed by atoms with E-state index in [1.54, 1.807) is 0 Å². The Labute approximate surface area is 178 Å². The van der Waals surface area contributed by atoms with Crippen LogP contribution in [-0.2, 0) is 4.79 Å². The Hall–Kier alpha value is -3.47. The third kappa shape index (κ3) is 3.21. The second kappa shape index (κ2) is 7.34. The lowest BCUT2D eigenvalue weighted by atomic mass is 9.94. The number of aromatic nitrogens is 3. The van der Waals surface area contributed by atoms with E-state index >= 15 is 0 Å². The molecule has 2 aliphatic rings. The lowest BCUT2D eigenvalue weighted by Crippen LogP contribution is -2.36. The van der Waals surface area contributed by atoms with Gasteiger partial charge in [0.25, 0.3) is 0 Å². The van der Waals surface area contributed by atoms with Crippen LogP contribution in [0.5, 0.6) is 5.75 Å². The van der Waals surface area contributed by atoms with Crippen LogP contribution in [0.2, 0.25) is 0 Å². The zero-order valence-electron chi connectivity index (χ0n) is 17.2. The van der Waals surface area contributed by atoms with Gasteiger partial charge in [-0.3, -0.25) is 9.89 Å². The Balaban J connectivity index is 1.63. The molecular weight excluding hydrogens is 397 g/mol. The fourth-order valence-electron chi connectivity index (χ4n) is 4.74. The van der Waals surface area contributed by atoms with Gasteiger partial charge in [0.1, 0.15) is 17.6 Å². The first-order chi connectivity index (χ1) is 15.0. The van der Waals surface area contributed by atoms with Crippen molar-refractivity contribution in [3.05, 3.63) is 40.8 Å². The van der Waals surface area contributed by atoms with Gasteiger partial charge in [0.15, 0.2) is 5.65 Å². The third-order valence-corrected chi connectivity index (χ3v) is 6.39. The first kappa shape index (κ1) is 19.5. The molecule has 3 aromatic rings. The number of aromatic hydroxyl groups is 1. The lowest BCUT2D eigenvalue weighted by Gasteiger charge is -2.27. The number of aryl methyl sites for hydroxylation is 1. The number of nitrogens with zero attached hydrogens (tertiary/aromatic N) is 4. The molecule has 1 saturated carbocycles. The normalized spacial score (nSPS) is 20.6. The second-order valence-corrected chi connectivity index (χ2v) is 8.41. The van der Waals surface area contributed by atoms with Crippen LogP contribution in [0.25, 0.3) is 22.3 Å². The summed E-state index contributed by atoms with van der Waals surface area (Å²) in [5, 5.41) is 27.5. The molecular formula is C23H22FN5O2. The van der Waals surface area contributed by atoms with Crippen LogP contribution in [0.15, 0.2) is 18.2 Å². The van der Waals surface area contributed by atoms with Gasteiger partial charge in [0.2, 0.25) is 5.91 Å². The maximum atomic E-state index is 14.7. The van der Waals surface area contributed by atoms with Crippen LogP contribution in [-0.4, -0.2) is 44.2 Å². The number of carbonyl (C=O) groups excluding carboxylic acids is 1. The molecule has 1 aliphatic heterocycles. The number of amides is 1. The number of pyridine rings is 1. The number of carbonyl (C=O) groups is 1. The Morgan fingerprint density at radius 2 is 2.10 bits per heavy atom. The van der Waals surface area contributed by atoms with Crippen molar-refractivity contribution in [1.29, 1.82) is 5.26 Å². The number of nitriles is 1. The first-order valence-electron chi connectivity index (χ1n) is 10.6. The molecule has 1 amide bonds. The molecule has 0 radical (unpaired) electrons. The Morgan fingerprint density at radius 1 is 1.32 bits per heavy atom. The monoisotopic (exact) mass is 419 g/mol. The van der Waals surface area contributed by atoms with E-state index in [0.717, 1.165) is 55.1 Å². The molecule has 1 aromatic carbocycles. The van der Waals surface area contributed by atoms with Crippen molar-refractivity contribution in [2.24, 2.45) is 5.92 Å². The molecule has 0 spiro atoms. The smallest absolute Gasteiger partial charge is 0.226 e. The summed E-state index contributed by atoms with van der Waals surface area (Å²) in [6.45, 7) is 3.42. The Bertz CT molecular complexity index is 1240. The van der Waals surface area contributed by atoms with Crippen LogP contribution >= 0.6 is 0 Å². The molecule has 2 atom stereocenters. The third-order valence-electron chi connectivity index (χ3n) is 6.39. The van der Waals surface area contributed by atoms with Crippen LogP contribution in [0, 0.1) is 30.0 Å². The highest BCUT2D eigenvalue weighted by Crippen LogP contribution is 2.53. The number of hydrogen-bond acceptors (Lipinski definition) is 5. The van der Waals surface area contributed by atoms with E-state index < -0.39 is 5.82 Å². The Kier molecular flexibility index (Phi) is 4.62. The van der Waals surface area contributed by atoms with Gasteiger partial charge in [-0.2, -0.15) is 10.4 Å². The number of hydrogen-bond donors (Lipinski definition) is 2. The van der Waals surface area contributed by atoms with Crippen molar-refractivity contribution in [2.45, 2.75) is 38.5 Å². The van der Waals surface area contributed by atoms with Crippen molar-refractivity contribution < 1.29 is 14.3 Å². The van der Waals surface area contributed by atoms with Gasteiger partial charge in [-0.05, 0) is 56.2 Å². The lowest BCUT2D eigenvalue weighted by molar-refractivity contribution is -0.133. The number of likely N-dealkylation sites (tertiary alicyclic amines) is 1. The van der Waals surface area contributed by atoms with E-state index in [4.69, 9.17) is 0 Å². The van der Waals surface area contributed by atoms with Crippen LogP contribution in [0.1, 0.15) is 48.4 Å². The van der Waals surface area contributed by atoms with E-state index in [-0.39, 0.29) is 40.3 Å². The zero-order valence-corrected chi connectivity index (χ0v) is 17.2. The van der Waals surface area contributed by atoms with Gasteiger partial charge < -0.3 is 10.0 Å².